The molecular formula is C19H15F3INO4SSe. The van der Waals surface area contributed by atoms with Gasteiger partial charge in [0.25, 0.3) is 0 Å². The SMILES string of the molecule is COC(=O)Cc1ccc2c(c1)c([Se]C(F)(F)F)c(I)n2S(=O)(=O)c1ccc(C)cc1. The number of hydrogen-bond acceptors (Lipinski definition) is 4. The monoisotopic (exact) mass is 617 g/mol. The summed E-state index contributed by atoms with van der Waals surface area (Å²) in [6, 6.07) is 10.5. The predicted octanol–water partition coefficient (Wildman–Crippen LogP) is 3.36. The van der Waals surface area contributed by atoms with E-state index in [0.717, 1.165) is 9.54 Å². The molecule has 1 aromatic heterocycles. The van der Waals surface area contributed by atoms with Crippen molar-refractivity contribution >= 4 is 68.9 Å². The number of aromatic nitrogens is 1. The molecule has 0 saturated carbocycles. The first-order valence-corrected chi connectivity index (χ1v) is 12.6. The summed E-state index contributed by atoms with van der Waals surface area (Å²) in [7, 11) is -2.91. The molecule has 0 N–H and O–H groups in total. The van der Waals surface area contributed by atoms with Gasteiger partial charge in [-0.2, -0.15) is 0 Å². The zero-order chi connectivity index (χ0) is 22.3. The molecule has 0 amide bonds. The molecule has 3 aromatic rings. The number of nitrogens with zero attached hydrogens (tertiary/aromatic N) is 1. The van der Waals surface area contributed by atoms with E-state index >= 15 is 0 Å². The predicted molar refractivity (Wildman–Crippen MR) is 116 cm³/mol. The standard InChI is InChI=1S/C19H15F3INO4SSe/c1-11-3-6-13(7-4-11)29(26,27)24-15-8-5-12(10-16(25)28-2)9-14(15)17(18(24)23)30-19(20,21)22/h3-9H,10H2,1-2H3. The van der Waals surface area contributed by atoms with E-state index < -0.39 is 36.0 Å². The third kappa shape index (κ3) is 4.68. The summed E-state index contributed by atoms with van der Waals surface area (Å²) in [5.74, 6) is -0.543. The van der Waals surface area contributed by atoms with E-state index in [1.807, 2.05) is 0 Å². The molecule has 1 heterocycles. The van der Waals surface area contributed by atoms with Crippen molar-refractivity contribution in [2.24, 2.45) is 0 Å². The molecule has 0 saturated heterocycles. The van der Waals surface area contributed by atoms with Gasteiger partial charge in [-0.15, -0.1) is 0 Å². The van der Waals surface area contributed by atoms with Gasteiger partial charge in [0.15, 0.2) is 0 Å². The molecule has 0 bridgehead atoms. The molecule has 0 aliphatic heterocycles. The molecule has 0 atom stereocenters. The van der Waals surface area contributed by atoms with E-state index in [4.69, 9.17) is 0 Å². The number of benzene rings is 2. The Kier molecular flexibility index (Phi) is 6.57. The van der Waals surface area contributed by atoms with Crippen LogP contribution >= 0.6 is 22.6 Å². The minimum atomic E-state index is -4.47. The Morgan fingerprint density at radius 3 is 2.37 bits per heavy atom. The summed E-state index contributed by atoms with van der Waals surface area (Å²) < 4.78 is 71.8. The molecule has 5 nitrogen and oxygen atoms in total. The van der Waals surface area contributed by atoms with Crippen LogP contribution < -0.4 is 4.46 Å². The van der Waals surface area contributed by atoms with Gasteiger partial charge < -0.3 is 0 Å². The number of fused-ring (bicyclic) bond motifs is 1. The molecule has 0 radical (unpaired) electrons. The maximum atomic E-state index is 13.3. The van der Waals surface area contributed by atoms with Crippen LogP contribution in [-0.2, 0) is 26.0 Å². The van der Waals surface area contributed by atoms with Gasteiger partial charge in [0.2, 0.25) is 0 Å². The number of aryl methyl sites for hydroxylation is 1. The number of rotatable bonds is 5. The zero-order valence-electron chi connectivity index (χ0n) is 15.7. The Morgan fingerprint density at radius 1 is 1.17 bits per heavy atom. The second kappa shape index (κ2) is 8.52. The van der Waals surface area contributed by atoms with Crippen molar-refractivity contribution in [1.82, 2.24) is 3.97 Å². The summed E-state index contributed by atoms with van der Waals surface area (Å²) in [5, 5.41) is -4.31. The maximum absolute atomic E-state index is 13.3. The molecule has 0 fully saturated rings. The normalized spacial score (nSPS) is 12.3. The molecule has 3 rings (SSSR count). The summed E-state index contributed by atoms with van der Waals surface area (Å²) in [6.07, 6.45) is -0.128. The molecule has 0 spiro atoms. The molecule has 0 unspecified atom stereocenters. The zero-order valence-corrected chi connectivity index (χ0v) is 20.3. The molecule has 0 aliphatic rings. The van der Waals surface area contributed by atoms with E-state index in [0.29, 0.717) is 5.56 Å². The average molecular weight is 616 g/mol. The van der Waals surface area contributed by atoms with Gasteiger partial charge in [-0.3, -0.25) is 0 Å². The van der Waals surface area contributed by atoms with Crippen LogP contribution in [0.25, 0.3) is 10.9 Å². The van der Waals surface area contributed by atoms with Crippen molar-refractivity contribution in [3.05, 3.63) is 57.3 Å². The molecule has 0 aliphatic carbocycles. The van der Waals surface area contributed by atoms with Gasteiger partial charge in [0.05, 0.1) is 0 Å². The van der Waals surface area contributed by atoms with Crippen molar-refractivity contribution in [2.75, 3.05) is 7.11 Å². The fourth-order valence-corrected chi connectivity index (χ4v) is 7.73. The Labute approximate surface area is 190 Å². The summed E-state index contributed by atoms with van der Waals surface area (Å²) in [5.41, 5.74) is 1.43. The van der Waals surface area contributed by atoms with Crippen molar-refractivity contribution in [2.45, 2.75) is 23.3 Å². The van der Waals surface area contributed by atoms with E-state index in [-0.39, 0.29) is 30.4 Å². The molecule has 2 aromatic carbocycles. The van der Waals surface area contributed by atoms with Gasteiger partial charge in [-0.05, 0) is 0 Å². The van der Waals surface area contributed by atoms with E-state index in [9.17, 15) is 26.4 Å². The van der Waals surface area contributed by atoms with E-state index in [1.54, 1.807) is 41.6 Å². The Hall–Kier alpha value is -1.56. The summed E-state index contributed by atoms with van der Waals surface area (Å²) in [4.78, 5) is 11.6. The third-order valence-electron chi connectivity index (χ3n) is 4.24. The van der Waals surface area contributed by atoms with Gasteiger partial charge in [0.1, 0.15) is 0 Å². The van der Waals surface area contributed by atoms with Gasteiger partial charge in [-0.1, -0.05) is 0 Å². The van der Waals surface area contributed by atoms with Crippen LogP contribution in [0.1, 0.15) is 11.1 Å². The molecular weight excluding hydrogens is 601 g/mol. The summed E-state index contributed by atoms with van der Waals surface area (Å²) >= 11 is -0.327. The van der Waals surface area contributed by atoms with Crippen LogP contribution in [0.15, 0.2) is 47.4 Å². The van der Waals surface area contributed by atoms with Crippen molar-refractivity contribution < 1.29 is 31.1 Å². The third-order valence-corrected chi connectivity index (χ3v) is 9.92. The topological polar surface area (TPSA) is 65.4 Å². The first kappa shape index (κ1) is 23.1. The number of esters is 1. The van der Waals surface area contributed by atoms with Crippen molar-refractivity contribution in [3.63, 3.8) is 0 Å². The number of alkyl halides is 3. The second-order valence-corrected chi connectivity index (χ2v) is 11.4. The number of carbonyl (C=O) groups is 1. The fraction of sp³-hybridized carbons (Fsp3) is 0.211. The van der Waals surface area contributed by atoms with Crippen LogP contribution in [0.3, 0.4) is 0 Å². The molecule has 160 valence electrons. The quantitative estimate of drug-likeness (QED) is 0.251. The number of methoxy groups -OCH3 is 1. The van der Waals surface area contributed by atoms with E-state index in [2.05, 4.69) is 4.74 Å². The van der Waals surface area contributed by atoms with Gasteiger partial charge in [0, 0.05) is 0 Å². The minimum absolute atomic E-state index is 0.0179. The van der Waals surface area contributed by atoms with Gasteiger partial charge >= 0.3 is 192 Å². The van der Waals surface area contributed by atoms with Crippen LogP contribution in [0.2, 0.25) is 0 Å². The first-order chi connectivity index (χ1) is 13.9. The Bertz CT molecular complexity index is 1220. The number of halogens is 4. The average Bonchev–Trinajstić information content (AvgIpc) is 2.92. The Balaban J connectivity index is 2.27. The van der Waals surface area contributed by atoms with Crippen LogP contribution in [0.4, 0.5) is 13.2 Å². The van der Waals surface area contributed by atoms with E-state index in [1.165, 1.54) is 37.4 Å². The van der Waals surface area contributed by atoms with Crippen molar-refractivity contribution in [3.8, 4) is 0 Å². The number of carbonyl (C=O) groups excluding carboxylic acids is 1. The Morgan fingerprint density at radius 2 is 1.80 bits per heavy atom. The number of hydrogen-bond donors (Lipinski definition) is 0. The second-order valence-electron chi connectivity index (χ2n) is 6.35. The summed E-state index contributed by atoms with van der Waals surface area (Å²) in [6.45, 7) is 1.80. The van der Waals surface area contributed by atoms with Gasteiger partial charge in [-0.25, -0.2) is 0 Å². The van der Waals surface area contributed by atoms with Crippen molar-refractivity contribution in [1.29, 1.82) is 0 Å². The van der Waals surface area contributed by atoms with Crippen LogP contribution in [0, 0.1) is 10.6 Å². The number of ether oxygens (including phenoxy) is 1. The molecule has 30 heavy (non-hydrogen) atoms. The molecule has 11 heteroatoms. The first-order valence-electron chi connectivity index (χ1n) is 8.41. The van der Waals surface area contributed by atoms with Crippen LogP contribution in [-0.4, -0.2) is 45.5 Å². The van der Waals surface area contributed by atoms with Crippen LogP contribution in [0.5, 0.6) is 0 Å². The fourth-order valence-electron chi connectivity index (χ4n) is 2.86.